The van der Waals surface area contributed by atoms with Gasteiger partial charge in [0.2, 0.25) is 0 Å². The average Bonchev–Trinajstić information content (AvgIpc) is 2.73. The van der Waals surface area contributed by atoms with Crippen LogP contribution in [0, 0.1) is 13.8 Å². The molecular formula is C12H16ClNO. The smallest absolute Gasteiger partial charge is 0.139 e. The summed E-state index contributed by atoms with van der Waals surface area (Å²) in [6, 6.07) is 2.31. The predicted octanol–water partition coefficient (Wildman–Crippen LogP) is 3.09. The highest BCUT2D eigenvalue weighted by molar-refractivity contribution is 6.33. The number of hydrogen-bond acceptors (Lipinski definition) is 2. The Balaban J connectivity index is 2.47. The van der Waals surface area contributed by atoms with Crippen molar-refractivity contribution in [1.82, 2.24) is 5.32 Å². The van der Waals surface area contributed by atoms with Crippen LogP contribution in [0.5, 0.6) is 5.75 Å². The fraction of sp³-hybridized carbons (Fsp3) is 0.500. The molecule has 0 aromatic heterocycles. The lowest BCUT2D eigenvalue weighted by Crippen LogP contribution is -2.13. The minimum absolute atomic E-state index is 0.249. The first-order valence-electron chi connectivity index (χ1n) is 5.33. The van der Waals surface area contributed by atoms with Gasteiger partial charge < -0.3 is 10.4 Å². The summed E-state index contributed by atoms with van der Waals surface area (Å²) in [5.41, 5.74) is 3.05. The Labute approximate surface area is 95.3 Å². The minimum Gasteiger partial charge on any atom is -0.506 e. The number of hydrogen-bond donors (Lipinski definition) is 2. The van der Waals surface area contributed by atoms with E-state index in [1.54, 1.807) is 0 Å². The van der Waals surface area contributed by atoms with Gasteiger partial charge in [0.1, 0.15) is 5.75 Å². The van der Waals surface area contributed by atoms with E-state index in [4.69, 9.17) is 11.6 Å². The largest absolute Gasteiger partial charge is 0.506 e. The van der Waals surface area contributed by atoms with Gasteiger partial charge in [-0.3, -0.25) is 0 Å². The molecule has 1 aliphatic heterocycles. The van der Waals surface area contributed by atoms with Gasteiger partial charge in [0.15, 0.2) is 0 Å². The highest BCUT2D eigenvalue weighted by atomic mass is 35.5. The van der Waals surface area contributed by atoms with Gasteiger partial charge in [0, 0.05) is 11.6 Å². The summed E-state index contributed by atoms with van der Waals surface area (Å²) >= 11 is 6.09. The first kappa shape index (κ1) is 10.8. The maximum atomic E-state index is 9.99. The van der Waals surface area contributed by atoms with Crippen LogP contribution in [0.2, 0.25) is 5.02 Å². The van der Waals surface area contributed by atoms with Crippen LogP contribution in [0.25, 0.3) is 0 Å². The number of phenols is 1. The monoisotopic (exact) mass is 225 g/mol. The van der Waals surface area contributed by atoms with E-state index in [0.717, 1.165) is 36.1 Å². The summed E-state index contributed by atoms with van der Waals surface area (Å²) in [6.45, 7) is 4.98. The maximum Gasteiger partial charge on any atom is 0.139 e. The fourth-order valence-electron chi connectivity index (χ4n) is 2.10. The fourth-order valence-corrected chi connectivity index (χ4v) is 2.36. The molecule has 0 amide bonds. The Morgan fingerprint density at radius 3 is 2.80 bits per heavy atom. The molecule has 2 nitrogen and oxygen atoms in total. The molecule has 2 rings (SSSR count). The number of aryl methyl sites for hydroxylation is 1. The Kier molecular flexibility index (Phi) is 2.89. The van der Waals surface area contributed by atoms with Crippen molar-refractivity contribution in [2.75, 3.05) is 6.54 Å². The molecule has 0 bridgehead atoms. The van der Waals surface area contributed by atoms with Gasteiger partial charge in [0.05, 0.1) is 5.02 Å². The molecule has 82 valence electrons. The van der Waals surface area contributed by atoms with Crippen LogP contribution in [0.15, 0.2) is 6.07 Å². The minimum atomic E-state index is 0.249. The van der Waals surface area contributed by atoms with Crippen LogP contribution in [0.1, 0.15) is 35.6 Å². The second-order valence-electron chi connectivity index (χ2n) is 4.22. The van der Waals surface area contributed by atoms with Gasteiger partial charge in [0.25, 0.3) is 0 Å². The van der Waals surface area contributed by atoms with Crippen LogP contribution in [-0.2, 0) is 0 Å². The van der Waals surface area contributed by atoms with E-state index in [2.05, 4.69) is 5.32 Å². The summed E-state index contributed by atoms with van der Waals surface area (Å²) in [5, 5.41) is 13.9. The molecule has 1 unspecified atom stereocenters. The third kappa shape index (κ3) is 1.84. The van der Waals surface area contributed by atoms with Crippen LogP contribution in [-0.4, -0.2) is 11.7 Å². The van der Waals surface area contributed by atoms with E-state index in [1.807, 2.05) is 19.9 Å². The van der Waals surface area contributed by atoms with Gasteiger partial charge in [-0.25, -0.2) is 0 Å². The van der Waals surface area contributed by atoms with Crippen molar-refractivity contribution in [2.45, 2.75) is 32.7 Å². The molecule has 0 saturated carbocycles. The zero-order valence-corrected chi connectivity index (χ0v) is 9.86. The van der Waals surface area contributed by atoms with E-state index in [0.29, 0.717) is 5.02 Å². The molecule has 1 aromatic rings. The van der Waals surface area contributed by atoms with Crippen molar-refractivity contribution in [3.63, 3.8) is 0 Å². The number of phenolic OH excluding ortho intramolecular Hbond substituents is 1. The standard InChI is InChI=1S/C12H16ClNO/c1-7-6-9(10-4-3-5-14-10)12(15)11(13)8(7)2/h6,10,14-15H,3-5H2,1-2H3. The van der Waals surface area contributed by atoms with Crippen molar-refractivity contribution in [2.24, 2.45) is 0 Å². The molecular weight excluding hydrogens is 210 g/mol. The maximum absolute atomic E-state index is 9.99. The summed E-state index contributed by atoms with van der Waals surface area (Å²) in [7, 11) is 0. The molecule has 1 saturated heterocycles. The van der Waals surface area contributed by atoms with Gasteiger partial charge in [-0.05, 0) is 44.4 Å². The average molecular weight is 226 g/mol. The van der Waals surface area contributed by atoms with Crippen molar-refractivity contribution < 1.29 is 5.11 Å². The molecule has 1 atom stereocenters. The Morgan fingerprint density at radius 2 is 2.20 bits per heavy atom. The van der Waals surface area contributed by atoms with E-state index in [9.17, 15) is 5.11 Å². The molecule has 0 aliphatic carbocycles. The Bertz CT molecular complexity index is 384. The highest BCUT2D eigenvalue weighted by Gasteiger charge is 2.22. The molecule has 1 fully saturated rings. The third-order valence-corrected chi connectivity index (χ3v) is 3.67. The quantitative estimate of drug-likeness (QED) is 0.770. The van der Waals surface area contributed by atoms with Gasteiger partial charge >= 0.3 is 0 Å². The molecule has 1 aliphatic rings. The normalized spacial score (nSPS) is 20.9. The SMILES string of the molecule is Cc1cc(C2CCCN2)c(O)c(Cl)c1C. The number of rotatable bonds is 1. The van der Waals surface area contributed by atoms with Crippen molar-refractivity contribution >= 4 is 11.6 Å². The topological polar surface area (TPSA) is 32.3 Å². The van der Waals surface area contributed by atoms with E-state index in [-0.39, 0.29) is 11.8 Å². The van der Waals surface area contributed by atoms with Crippen LogP contribution in [0.4, 0.5) is 0 Å². The van der Waals surface area contributed by atoms with Crippen LogP contribution >= 0.6 is 11.6 Å². The summed E-state index contributed by atoms with van der Waals surface area (Å²) in [5.74, 6) is 0.249. The zero-order valence-electron chi connectivity index (χ0n) is 9.10. The molecule has 0 radical (unpaired) electrons. The summed E-state index contributed by atoms with van der Waals surface area (Å²) in [4.78, 5) is 0. The molecule has 0 spiro atoms. The molecule has 15 heavy (non-hydrogen) atoms. The first-order chi connectivity index (χ1) is 7.11. The number of aromatic hydroxyl groups is 1. The lowest BCUT2D eigenvalue weighted by molar-refractivity contribution is 0.456. The van der Waals surface area contributed by atoms with E-state index in [1.165, 1.54) is 0 Å². The lowest BCUT2D eigenvalue weighted by atomic mass is 9.98. The molecule has 1 heterocycles. The van der Waals surface area contributed by atoms with Crippen molar-refractivity contribution in [3.8, 4) is 5.75 Å². The molecule has 3 heteroatoms. The second kappa shape index (κ2) is 4.03. The number of nitrogens with one attached hydrogen (secondary N) is 1. The molecule has 2 N–H and O–H groups in total. The van der Waals surface area contributed by atoms with Gasteiger partial charge in [-0.2, -0.15) is 0 Å². The van der Waals surface area contributed by atoms with Crippen LogP contribution in [0.3, 0.4) is 0 Å². The lowest BCUT2D eigenvalue weighted by Gasteiger charge is -2.16. The van der Waals surface area contributed by atoms with Crippen molar-refractivity contribution in [1.29, 1.82) is 0 Å². The summed E-state index contributed by atoms with van der Waals surface area (Å²) < 4.78 is 0. The third-order valence-electron chi connectivity index (χ3n) is 3.21. The van der Waals surface area contributed by atoms with E-state index >= 15 is 0 Å². The Morgan fingerprint density at radius 1 is 1.47 bits per heavy atom. The first-order valence-corrected chi connectivity index (χ1v) is 5.71. The number of benzene rings is 1. The summed E-state index contributed by atoms with van der Waals surface area (Å²) in [6.07, 6.45) is 2.24. The second-order valence-corrected chi connectivity index (χ2v) is 4.60. The van der Waals surface area contributed by atoms with E-state index < -0.39 is 0 Å². The van der Waals surface area contributed by atoms with Crippen molar-refractivity contribution in [3.05, 3.63) is 27.8 Å². The molecule has 1 aromatic carbocycles. The van der Waals surface area contributed by atoms with Gasteiger partial charge in [-0.15, -0.1) is 0 Å². The predicted molar refractivity (Wildman–Crippen MR) is 62.6 cm³/mol. The van der Waals surface area contributed by atoms with Gasteiger partial charge in [-0.1, -0.05) is 17.7 Å². The zero-order chi connectivity index (χ0) is 11.0. The number of halogens is 1. The highest BCUT2D eigenvalue weighted by Crippen LogP contribution is 2.38. The van der Waals surface area contributed by atoms with Crippen LogP contribution < -0.4 is 5.32 Å². The Hall–Kier alpha value is -0.730.